The zero-order chi connectivity index (χ0) is 20.2. The van der Waals surface area contributed by atoms with Gasteiger partial charge in [0.05, 0.1) is 24.2 Å². The minimum atomic E-state index is -4.94. The summed E-state index contributed by atoms with van der Waals surface area (Å²) < 4.78 is 79.2. The Hall–Kier alpha value is -0.333. The Morgan fingerprint density at radius 2 is 1.69 bits per heavy atom. The topological polar surface area (TPSA) is 101 Å². The Balaban J connectivity index is 0.000000597. The summed E-state index contributed by atoms with van der Waals surface area (Å²) in [5.74, 6) is 0.890. The van der Waals surface area contributed by atoms with E-state index >= 15 is 0 Å². The second-order valence-corrected chi connectivity index (χ2v) is 16.1. The van der Waals surface area contributed by atoms with Crippen LogP contribution in [0.2, 0.25) is 19.6 Å². The normalized spacial score (nSPS) is 21.8. The minimum Gasteiger partial charge on any atom is -0.371 e. The van der Waals surface area contributed by atoms with Gasteiger partial charge in [0.2, 0.25) is 0 Å². The number of hydrogen-bond donors (Lipinski definition) is 0. The monoisotopic (exact) mass is 434 g/mol. The maximum absolute atomic E-state index is 13.2. The fraction of sp³-hybridized carbons (Fsp3) is 0.600. The number of alkyl halides is 3. The smallest absolute Gasteiger partial charge is 0.371 e. The molecule has 0 radical (unpaired) electrons. The number of ether oxygens (including phenoxy) is 1. The van der Waals surface area contributed by atoms with Crippen LogP contribution in [0.3, 0.4) is 0 Å². The molecule has 0 aromatic heterocycles. The second-order valence-electron chi connectivity index (χ2n) is 6.97. The number of rotatable bonds is 3. The van der Waals surface area contributed by atoms with Gasteiger partial charge in [-0.05, 0) is 17.0 Å². The van der Waals surface area contributed by atoms with Gasteiger partial charge >= 0.3 is 6.18 Å². The van der Waals surface area contributed by atoms with E-state index in [2.05, 4.69) is 19.6 Å². The highest BCUT2D eigenvalue weighted by Gasteiger charge is 2.44. The molecule has 5 nitrogen and oxygen atoms in total. The molecule has 0 bridgehead atoms. The Labute approximate surface area is 156 Å². The zero-order valence-electron chi connectivity index (χ0n) is 14.7. The molecular formula is C15H22ClF3O5SSi. The highest BCUT2D eigenvalue weighted by Crippen LogP contribution is 2.39. The average molecular weight is 435 g/mol. The molecule has 0 spiro atoms. The predicted octanol–water partition coefficient (Wildman–Crippen LogP) is -0.484. The standard InChI is InChI=1S/C15H22F3OSSi.ClHO4/c1-21(2,3)11-20-9-8-19-10-14(20)12-6-4-5-7-13(12)15(16,17)18;2-1(3,4)5/h4-7,14H,8-11H2,1-3H3;(H,2,3,4,5)/q+1;/p-1/t14-,20?;/m1./s1. The van der Waals surface area contributed by atoms with Crippen molar-refractivity contribution >= 4 is 19.0 Å². The summed E-state index contributed by atoms with van der Waals surface area (Å²) in [6.45, 7) is 7.94. The first-order chi connectivity index (χ1) is 11.7. The van der Waals surface area contributed by atoms with Crippen LogP contribution in [0.25, 0.3) is 0 Å². The Bertz CT molecular complexity index is 572. The molecule has 26 heavy (non-hydrogen) atoms. The van der Waals surface area contributed by atoms with Crippen LogP contribution in [-0.2, 0) is 21.8 Å². The van der Waals surface area contributed by atoms with E-state index in [4.69, 9.17) is 23.4 Å². The Morgan fingerprint density at radius 1 is 1.15 bits per heavy atom. The highest BCUT2D eigenvalue weighted by molar-refractivity contribution is 7.98. The van der Waals surface area contributed by atoms with Crippen molar-refractivity contribution in [2.45, 2.75) is 31.1 Å². The third-order valence-electron chi connectivity index (χ3n) is 3.39. The first-order valence-corrected chi connectivity index (χ1v) is 14.3. The summed E-state index contributed by atoms with van der Waals surface area (Å²) in [7, 11) is -6.26. The quantitative estimate of drug-likeness (QED) is 0.472. The van der Waals surface area contributed by atoms with E-state index < -0.39 is 30.1 Å². The molecule has 2 atom stereocenters. The van der Waals surface area contributed by atoms with Crippen molar-refractivity contribution in [3.05, 3.63) is 35.4 Å². The third kappa shape index (κ3) is 9.04. The van der Waals surface area contributed by atoms with E-state index in [0.717, 1.165) is 11.1 Å². The summed E-state index contributed by atoms with van der Waals surface area (Å²) >= 11 is 0. The van der Waals surface area contributed by atoms with Gasteiger partial charge in [-0.15, -0.1) is 10.2 Å². The van der Waals surface area contributed by atoms with Crippen molar-refractivity contribution < 1.29 is 46.8 Å². The Morgan fingerprint density at radius 3 is 2.19 bits per heavy atom. The van der Waals surface area contributed by atoms with Gasteiger partial charge in [0.1, 0.15) is 13.8 Å². The van der Waals surface area contributed by atoms with Gasteiger partial charge < -0.3 is 4.74 Å². The molecule has 1 aromatic carbocycles. The maximum Gasteiger partial charge on any atom is 0.416 e. The second kappa shape index (κ2) is 9.24. The van der Waals surface area contributed by atoms with Crippen molar-refractivity contribution in [2.75, 3.05) is 24.3 Å². The van der Waals surface area contributed by atoms with Gasteiger partial charge in [-0.25, -0.2) is 18.6 Å². The molecule has 0 aliphatic carbocycles. The minimum absolute atomic E-state index is 0.0113. The molecule has 1 fully saturated rings. The molecule has 0 saturated carbocycles. The van der Waals surface area contributed by atoms with E-state index in [-0.39, 0.29) is 16.1 Å². The Kier molecular flexibility index (Phi) is 8.43. The molecule has 0 amide bonds. The fourth-order valence-electron chi connectivity index (χ4n) is 2.63. The zero-order valence-corrected chi connectivity index (χ0v) is 17.2. The van der Waals surface area contributed by atoms with Gasteiger partial charge in [-0.1, -0.05) is 37.8 Å². The molecule has 1 heterocycles. The van der Waals surface area contributed by atoms with Crippen LogP contribution >= 0.6 is 0 Å². The lowest BCUT2D eigenvalue weighted by atomic mass is 10.0. The van der Waals surface area contributed by atoms with Crippen molar-refractivity contribution in [1.82, 2.24) is 0 Å². The predicted molar refractivity (Wildman–Crippen MR) is 85.4 cm³/mol. The number of hydrogen-bond acceptors (Lipinski definition) is 5. The summed E-state index contributed by atoms with van der Waals surface area (Å²) in [4.78, 5) is 0. The first-order valence-electron chi connectivity index (χ1n) is 7.70. The lowest BCUT2D eigenvalue weighted by molar-refractivity contribution is -2.00. The van der Waals surface area contributed by atoms with Gasteiger partial charge in [0.25, 0.3) is 0 Å². The molecule has 1 aliphatic rings. The lowest BCUT2D eigenvalue weighted by Gasteiger charge is -2.29. The van der Waals surface area contributed by atoms with Crippen molar-refractivity contribution in [3.63, 3.8) is 0 Å². The summed E-state index contributed by atoms with van der Waals surface area (Å²) in [6, 6.07) is 5.99. The molecule has 150 valence electrons. The van der Waals surface area contributed by atoms with E-state index in [1.165, 1.54) is 12.1 Å². The fourth-order valence-corrected chi connectivity index (χ4v) is 9.93. The van der Waals surface area contributed by atoms with Gasteiger partial charge in [0.15, 0.2) is 5.25 Å². The molecule has 2 rings (SSSR count). The molecule has 1 aromatic rings. The first kappa shape index (κ1) is 23.7. The highest BCUT2D eigenvalue weighted by atomic mass is 35.7. The van der Waals surface area contributed by atoms with Crippen LogP contribution < -0.4 is 18.6 Å². The largest absolute Gasteiger partial charge is 0.416 e. The van der Waals surface area contributed by atoms with Crippen LogP contribution in [0.1, 0.15) is 16.4 Å². The van der Waals surface area contributed by atoms with E-state index in [9.17, 15) is 13.2 Å². The molecule has 11 heteroatoms. The molecule has 0 N–H and O–H groups in total. The molecular weight excluding hydrogens is 413 g/mol. The molecule has 1 saturated heterocycles. The lowest BCUT2D eigenvalue weighted by Crippen LogP contribution is -2.68. The maximum atomic E-state index is 13.2. The molecule has 1 unspecified atom stereocenters. The van der Waals surface area contributed by atoms with E-state index in [1.54, 1.807) is 12.1 Å². The SMILES string of the molecule is C[Si](C)(C)C[S+]1CCOC[C@@H]1c1ccccc1C(F)(F)F.[O-][Cl+3]([O-])([O-])[O-]. The van der Waals surface area contributed by atoms with E-state index in [1.807, 2.05) is 0 Å². The number of halogens is 4. The van der Waals surface area contributed by atoms with Gasteiger partial charge in [-0.3, -0.25) is 0 Å². The van der Waals surface area contributed by atoms with Crippen LogP contribution in [0, 0.1) is 10.2 Å². The van der Waals surface area contributed by atoms with Crippen molar-refractivity contribution in [1.29, 1.82) is 0 Å². The number of benzene rings is 1. The summed E-state index contributed by atoms with van der Waals surface area (Å²) in [5.41, 5.74) is -0.0696. The van der Waals surface area contributed by atoms with Crippen LogP contribution in [-0.4, -0.2) is 32.4 Å². The molecule has 1 aliphatic heterocycles. The van der Waals surface area contributed by atoms with Crippen LogP contribution in [0.4, 0.5) is 13.2 Å². The van der Waals surface area contributed by atoms with Gasteiger partial charge in [0, 0.05) is 5.56 Å². The van der Waals surface area contributed by atoms with Crippen molar-refractivity contribution in [2.24, 2.45) is 0 Å². The van der Waals surface area contributed by atoms with Crippen molar-refractivity contribution in [3.8, 4) is 0 Å². The van der Waals surface area contributed by atoms with E-state index in [0.29, 0.717) is 18.8 Å². The van der Waals surface area contributed by atoms with Gasteiger partial charge in [-0.2, -0.15) is 13.2 Å². The van der Waals surface area contributed by atoms with Crippen LogP contribution in [0.5, 0.6) is 0 Å². The average Bonchev–Trinajstić information content (AvgIpc) is 2.43. The summed E-state index contributed by atoms with van der Waals surface area (Å²) in [6.07, 6.45) is -4.29. The summed E-state index contributed by atoms with van der Waals surface area (Å²) in [5, 5.41) is 0.969. The third-order valence-corrected chi connectivity index (χ3v) is 10.2. The van der Waals surface area contributed by atoms with Crippen LogP contribution in [0.15, 0.2) is 24.3 Å².